The second-order valence-corrected chi connectivity index (χ2v) is 8.70. The zero-order valence-corrected chi connectivity index (χ0v) is 13.9. The highest BCUT2D eigenvalue weighted by Gasteiger charge is 2.33. The number of rotatable bonds is 3. The Kier molecular flexibility index (Phi) is 4.11. The molecule has 118 valence electrons. The molecule has 2 fully saturated rings. The van der Waals surface area contributed by atoms with E-state index in [9.17, 15) is 8.42 Å². The fourth-order valence-electron chi connectivity index (χ4n) is 3.26. The summed E-state index contributed by atoms with van der Waals surface area (Å²) in [6.07, 6.45) is 3.74. The van der Waals surface area contributed by atoms with Gasteiger partial charge < -0.3 is 10.6 Å². The van der Waals surface area contributed by atoms with Gasteiger partial charge in [0.25, 0.3) is 0 Å². The summed E-state index contributed by atoms with van der Waals surface area (Å²) in [7, 11) is -3.33. The van der Waals surface area contributed by atoms with Gasteiger partial charge in [-0.3, -0.25) is 4.90 Å². The van der Waals surface area contributed by atoms with Crippen LogP contribution in [0.25, 0.3) is 0 Å². The summed E-state index contributed by atoms with van der Waals surface area (Å²) in [5, 5.41) is 0.736. The first-order valence-electron chi connectivity index (χ1n) is 7.50. The van der Waals surface area contributed by atoms with E-state index in [1.165, 1.54) is 37.3 Å². The van der Waals surface area contributed by atoms with E-state index in [0.29, 0.717) is 6.04 Å². The van der Waals surface area contributed by atoms with Crippen LogP contribution in [0.4, 0.5) is 10.8 Å². The minimum Gasteiger partial charge on any atom is -0.382 e. The predicted octanol–water partition coefficient (Wildman–Crippen LogP) is 1.19. The molecule has 6 nitrogen and oxygen atoms in total. The number of hydrogen-bond acceptors (Lipinski definition) is 7. The van der Waals surface area contributed by atoms with E-state index < -0.39 is 9.84 Å². The molecule has 0 aliphatic carbocycles. The fourth-order valence-corrected chi connectivity index (χ4v) is 5.61. The number of nitrogen functional groups attached to an aromatic ring is 1. The minimum absolute atomic E-state index is 0.0615. The number of anilines is 2. The number of sulfone groups is 1. The second kappa shape index (κ2) is 5.73. The van der Waals surface area contributed by atoms with Gasteiger partial charge in [-0.2, -0.15) is 4.37 Å². The maximum absolute atomic E-state index is 12.3. The quantitative estimate of drug-likeness (QED) is 0.897. The molecule has 0 amide bonds. The largest absolute Gasteiger partial charge is 0.382 e. The van der Waals surface area contributed by atoms with E-state index in [2.05, 4.69) is 14.2 Å². The number of nitrogens with two attached hydrogens (primary N) is 1. The highest BCUT2D eigenvalue weighted by atomic mass is 32.2. The maximum atomic E-state index is 12.3. The molecule has 0 bridgehead atoms. The third-order valence-corrected chi connectivity index (χ3v) is 7.31. The van der Waals surface area contributed by atoms with Crippen LogP contribution in [0.5, 0.6) is 0 Å². The third-order valence-electron chi connectivity index (χ3n) is 4.47. The van der Waals surface area contributed by atoms with Crippen LogP contribution >= 0.6 is 11.5 Å². The molecule has 8 heteroatoms. The zero-order chi connectivity index (χ0) is 15.0. The molecule has 2 saturated heterocycles. The van der Waals surface area contributed by atoms with Gasteiger partial charge in [0.2, 0.25) is 0 Å². The van der Waals surface area contributed by atoms with Gasteiger partial charge in [-0.15, -0.1) is 0 Å². The molecular weight excluding hydrogens is 308 g/mol. The molecule has 0 saturated carbocycles. The van der Waals surface area contributed by atoms with Gasteiger partial charge in [0.05, 0.1) is 5.75 Å². The van der Waals surface area contributed by atoms with Gasteiger partial charge in [-0.25, -0.2) is 8.42 Å². The first-order chi connectivity index (χ1) is 10.0. The van der Waals surface area contributed by atoms with Crippen LogP contribution in [0.2, 0.25) is 0 Å². The normalized spacial score (nSPS) is 24.0. The molecule has 3 heterocycles. The molecular formula is C13H22N4O2S2. The van der Waals surface area contributed by atoms with Crippen molar-refractivity contribution in [2.75, 3.05) is 42.6 Å². The molecule has 2 N–H and O–H groups in total. The van der Waals surface area contributed by atoms with Crippen molar-refractivity contribution < 1.29 is 8.42 Å². The van der Waals surface area contributed by atoms with Crippen LogP contribution in [0.1, 0.15) is 26.2 Å². The summed E-state index contributed by atoms with van der Waals surface area (Å²) in [5.41, 5.74) is 5.82. The van der Waals surface area contributed by atoms with Gasteiger partial charge in [-0.1, -0.05) is 13.3 Å². The molecule has 1 unspecified atom stereocenters. The molecule has 3 rings (SSSR count). The van der Waals surface area contributed by atoms with Crippen molar-refractivity contribution in [3.8, 4) is 0 Å². The summed E-state index contributed by atoms with van der Waals surface area (Å²) in [6.45, 7) is 5.55. The van der Waals surface area contributed by atoms with E-state index in [4.69, 9.17) is 5.73 Å². The number of nitrogens with zero attached hydrogens (tertiary/aromatic N) is 3. The minimum atomic E-state index is -3.33. The Balaban J connectivity index is 1.88. The Morgan fingerprint density at radius 1 is 1.33 bits per heavy atom. The molecule has 1 aromatic rings. The number of aromatic nitrogens is 1. The lowest BCUT2D eigenvalue weighted by molar-refractivity contribution is 0.133. The van der Waals surface area contributed by atoms with Gasteiger partial charge in [-0.05, 0) is 30.9 Å². The van der Waals surface area contributed by atoms with Gasteiger partial charge >= 0.3 is 0 Å². The first-order valence-corrected chi connectivity index (χ1v) is 9.92. The standard InChI is InChI=1S/C13H22N4O2S2/c1-2-21(18,19)11-12(14)15-20-13(11)17-8-7-16-6-4-3-5-10(16)9-17/h10H,2-9H2,1H3,(H2,14,15). The van der Waals surface area contributed by atoms with Crippen LogP contribution in [0, 0.1) is 0 Å². The van der Waals surface area contributed by atoms with Crippen LogP contribution in [-0.4, -0.2) is 55.7 Å². The van der Waals surface area contributed by atoms with Gasteiger partial charge in [0.15, 0.2) is 15.7 Å². The molecule has 1 aromatic heterocycles. The Morgan fingerprint density at radius 3 is 2.90 bits per heavy atom. The first kappa shape index (κ1) is 15.1. The van der Waals surface area contributed by atoms with Crippen molar-refractivity contribution in [3.05, 3.63) is 0 Å². The fraction of sp³-hybridized carbons (Fsp3) is 0.769. The zero-order valence-electron chi connectivity index (χ0n) is 12.3. The van der Waals surface area contributed by atoms with Crippen molar-refractivity contribution in [1.82, 2.24) is 9.27 Å². The Bertz CT molecular complexity index is 614. The Morgan fingerprint density at radius 2 is 2.14 bits per heavy atom. The SMILES string of the molecule is CCS(=O)(=O)c1c(N)nsc1N1CCN2CCCCC2C1. The smallest absolute Gasteiger partial charge is 0.184 e. The lowest BCUT2D eigenvalue weighted by atomic mass is 10.00. The summed E-state index contributed by atoms with van der Waals surface area (Å²) >= 11 is 1.22. The molecule has 0 radical (unpaired) electrons. The van der Waals surface area contributed by atoms with Gasteiger partial charge in [0.1, 0.15) is 9.90 Å². The average Bonchev–Trinajstić information content (AvgIpc) is 2.89. The predicted molar refractivity (Wildman–Crippen MR) is 85.7 cm³/mol. The molecule has 21 heavy (non-hydrogen) atoms. The topological polar surface area (TPSA) is 79.5 Å². The lowest BCUT2D eigenvalue weighted by Crippen LogP contribution is -2.54. The third kappa shape index (κ3) is 2.76. The summed E-state index contributed by atoms with van der Waals surface area (Å²) in [5.74, 6) is 0.217. The lowest BCUT2D eigenvalue weighted by Gasteiger charge is -2.44. The molecule has 2 aliphatic heterocycles. The monoisotopic (exact) mass is 330 g/mol. The molecule has 0 aromatic carbocycles. The number of hydrogen-bond donors (Lipinski definition) is 1. The van der Waals surface area contributed by atoms with Crippen molar-refractivity contribution in [3.63, 3.8) is 0 Å². The molecule has 0 spiro atoms. The van der Waals surface area contributed by atoms with Crippen molar-refractivity contribution in [2.45, 2.75) is 37.1 Å². The maximum Gasteiger partial charge on any atom is 0.184 e. The van der Waals surface area contributed by atoms with Crippen LogP contribution in [0.15, 0.2) is 4.90 Å². The van der Waals surface area contributed by atoms with Crippen LogP contribution in [0.3, 0.4) is 0 Å². The Labute approximate surface area is 130 Å². The average molecular weight is 330 g/mol. The highest BCUT2D eigenvalue weighted by molar-refractivity contribution is 7.91. The van der Waals surface area contributed by atoms with E-state index in [0.717, 1.165) is 24.6 Å². The molecule has 2 aliphatic rings. The second-order valence-electron chi connectivity index (χ2n) is 5.74. The van der Waals surface area contributed by atoms with Crippen molar-refractivity contribution in [1.29, 1.82) is 0 Å². The summed E-state index contributed by atoms with van der Waals surface area (Å²) in [4.78, 5) is 4.95. The Hall–Kier alpha value is -0.860. The van der Waals surface area contributed by atoms with Crippen LogP contribution in [-0.2, 0) is 9.84 Å². The highest BCUT2D eigenvalue weighted by Crippen LogP contribution is 2.37. The van der Waals surface area contributed by atoms with Gasteiger partial charge in [0, 0.05) is 25.7 Å². The van der Waals surface area contributed by atoms with Crippen molar-refractivity contribution >= 4 is 32.2 Å². The van der Waals surface area contributed by atoms with E-state index in [1.807, 2.05) is 0 Å². The molecule has 1 atom stereocenters. The number of piperidine rings is 1. The number of piperazine rings is 1. The van der Waals surface area contributed by atoms with Crippen LogP contribution < -0.4 is 10.6 Å². The summed E-state index contributed by atoms with van der Waals surface area (Å²) in [6, 6.07) is 0.535. The number of fused-ring (bicyclic) bond motifs is 1. The van der Waals surface area contributed by atoms with E-state index in [-0.39, 0.29) is 16.5 Å². The van der Waals surface area contributed by atoms with Crippen molar-refractivity contribution in [2.24, 2.45) is 0 Å². The van der Waals surface area contributed by atoms with E-state index >= 15 is 0 Å². The van der Waals surface area contributed by atoms with E-state index in [1.54, 1.807) is 6.92 Å². The summed E-state index contributed by atoms with van der Waals surface area (Å²) < 4.78 is 28.7.